The van der Waals surface area contributed by atoms with E-state index in [0.717, 1.165) is 18.7 Å². The zero-order chi connectivity index (χ0) is 14.2. The molecular weight excluding hydrogens is 236 g/mol. The minimum Gasteiger partial charge on any atom is -0.508 e. The average molecular weight is 262 g/mol. The molecule has 1 N–H and O–H groups in total. The molecule has 3 heteroatoms. The van der Waals surface area contributed by atoms with Crippen molar-refractivity contribution in [2.45, 2.75) is 45.8 Å². The van der Waals surface area contributed by atoms with Crippen LogP contribution in [0.3, 0.4) is 0 Å². The maximum atomic E-state index is 10.1. The van der Waals surface area contributed by atoms with Crippen molar-refractivity contribution >= 4 is 0 Å². The van der Waals surface area contributed by atoms with Crippen LogP contribution in [0, 0.1) is 6.92 Å². The largest absolute Gasteiger partial charge is 0.508 e. The number of rotatable bonds is 2. The Morgan fingerprint density at radius 1 is 1.21 bits per heavy atom. The van der Waals surface area contributed by atoms with E-state index in [9.17, 15) is 5.11 Å². The van der Waals surface area contributed by atoms with Crippen molar-refractivity contribution in [1.82, 2.24) is 9.80 Å². The lowest BCUT2D eigenvalue weighted by atomic mass is 10.00. The second-order valence-electron chi connectivity index (χ2n) is 6.06. The van der Waals surface area contributed by atoms with Crippen LogP contribution in [0.2, 0.25) is 0 Å². The summed E-state index contributed by atoms with van der Waals surface area (Å²) in [6, 6.07) is 7.24. The average Bonchev–Trinajstić information content (AvgIpc) is 2.37. The van der Waals surface area contributed by atoms with Crippen LogP contribution in [0.1, 0.15) is 37.9 Å². The number of aryl methyl sites for hydroxylation is 1. The second kappa shape index (κ2) is 5.51. The number of phenolic OH excluding ortho intramolecular Hbond substituents is 1. The molecule has 0 aliphatic carbocycles. The molecule has 1 aromatic carbocycles. The number of nitrogens with zero attached hydrogens (tertiary/aromatic N) is 2. The van der Waals surface area contributed by atoms with Crippen LogP contribution in [0.4, 0.5) is 0 Å². The Morgan fingerprint density at radius 2 is 1.79 bits per heavy atom. The Bertz CT molecular complexity index is 434. The Kier molecular flexibility index (Phi) is 4.16. The van der Waals surface area contributed by atoms with Gasteiger partial charge in [0.2, 0.25) is 0 Å². The summed E-state index contributed by atoms with van der Waals surface area (Å²) in [6.45, 7) is 10.9. The Balaban J connectivity index is 2.19. The van der Waals surface area contributed by atoms with E-state index in [4.69, 9.17) is 0 Å². The van der Waals surface area contributed by atoms with Crippen LogP contribution in [-0.4, -0.2) is 47.1 Å². The normalized spacial score (nSPS) is 27.4. The molecule has 0 saturated carbocycles. The molecule has 0 spiro atoms. The molecule has 1 saturated heterocycles. The van der Waals surface area contributed by atoms with Gasteiger partial charge in [-0.1, -0.05) is 17.7 Å². The molecule has 1 heterocycles. The summed E-state index contributed by atoms with van der Waals surface area (Å²) in [5, 5.41) is 10.1. The molecule has 3 nitrogen and oxygen atoms in total. The van der Waals surface area contributed by atoms with Gasteiger partial charge in [0.1, 0.15) is 5.75 Å². The fourth-order valence-corrected chi connectivity index (χ4v) is 2.97. The summed E-state index contributed by atoms with van der Waals surface area (Å²) in [5.41, 5.74) is 2.25. The highest BCUT2D eigenvalue weighted by Gasteiger charge is 2.30. The van der Waals surface area contributed by atoms with Crippen LogP contribution in [0.5, 0.6) is 5.75 Å². The molecule has 0 bridgehead atoms. The molecule has 0 amide bonds. The fourth-order valence-electron chi connectivity index (χ4n) is 2.97. The van der Waals surface area contributed by atoms with Gasteiger partial charge in [-0.15, -0.1) is 0 Å². The topological polar surface area (TPSA) is 26.7 Å². The minimum atomic E-state index is 0.262. The number of hydrogen-bond acceptors (Lipinski definition) is 3. The smallest absolute Gasteiger partial charge is 0.120 e. The van der Waals surface area contributed by atoms with Crippen LogP contribution in [0.15, 0.2) is 18.2 Å². The first kappa shape index (κ1) is 14.4. The summed E-state index contributed by atoms with van der Waals surface area (Å²) in [4.78, 5) is 4.91. The van der Waals surface area contributed by atoms with Crippen molar-refractivity contribution in [2.75, 3.05) is 20.1 Å². The van der Waals surface area contributed by atoms with E-state index in [1.165, 1.54) is 5.56 Å². The number of aromatic hydroxyl groups is 1. The third kappa shape index (κ3) is 2.93. The quantitative estimate of drug-likeness (QED) is 0.888. The molecule has 19 heavy (non-hydrogen) atoms. The van der Waals surface area contributed by atoms with Crippen LogP contribution >= 0.6 is 0 Å². The lowest BCUT2D eigenvalue weighted by Crippen LogP contribution is -2.55. The highest BCUT2D eigenvalue weighted by atomic mass is 16.3. The first-order chi connectivity index (χ1) is 8.90. The maximum Gasteiger partial charge on any atom is 0.120 e. The zero-order valence-corrected chi connectivity index (χ0v) is 12.7. The molecule has 0 radical (unpaired) electrons. The minimum absolute atomic E-state index is 0.262. The van der Waals surface area contributed by atoms with Crippen molar-refractivity contribution in [3.05, 3.63) is 29.3 Å². The summed E-state index contributed by atoms with van der Waals surface area (Å²) >= 11 is 0. The molecule has 1 aliphatic heterocycles. The van der Waals surface area contributed by atoms with Crippen LogP contribution in [0.25, 0.3) is 0 Å². The first-order valence-corrected chi connectivity index (χ1v) is 7.15. The van der Waals surface area contributed by atoms with Gasteiger partial charge in [-0.3, -0.25) is 9.80 Å². The van der Waals surface area contributed by atoms with Gasteiger partial charge in [0.05, 0.1) is 0 Å². The van der Waals surface area contributed by atoms with Gasteiger partial charge < -0.3 is 5.11 Å². The van der Waals surface area contributed by atoms with Crippen LogP contribution in [-0.2, 0) is 0 Å². The van der Waals surface area contributed by atoms with E-state index in [-0.39, 0.29) is 6.04 Å². The molecule has 1 fully saturated rings. The Hall–Kier alpha value is -1.06. The number of hydrogen-bond donors (Lipinski definition) is 1. The predicted octanol–water partition coefficient (Wildman–Crippen LogP) is 2.79. The van der Waals surface area contributed by atoms with Gasteiger partial charge in [-0.05, 0) is 40.8 Å². The van der Waals surface area contributed by atoms with E-state index in [1.54, 1.807) is 0 Å². The van der Waals surface area contributed by atoms with Crippen molar-refractivity contribution in [1.29, 1.82) is 0 Å². The number of piperazine rings is 1. The molecule has 2 rings (SSSR count). The van der Waals surface area contributed by atoms with Crippen molar-refractivity contribution in [3.63, 3.8) is 0 Å². The molecule has 3 atom stereocenters. The van der Waals surface area contributed by atoms with Crippen LogP contribution < -0.4 is 0 Å². The molecule has 106 valence electrons. The van der Waals surface area contributed by atoms with Gasteiger partial charge in [-0.2, -0.15) is 0 Å². The lowest BCUT2D eigenvalue weighted by molar-refractivity contribution is 0.0371. The van der Waals surface area contributed by atoms with Gasteiger partial charge in [-0.25, -0.2) is 0 Å². The van der Waals surface area contributed by atoms with Gasteiger partial charge in [0, 0.05) is 36.8 Å². The predicted molar refractivity (Wildman–Crippen MR) is 79.5 cm³/mol. The number of phenols is 1. The molecule has 1 aromatic rings. The van der Waals surface area contributed by atoms with E-state index >= 15 is 0 Å². The van der Waals surface area contributed by atoms with Gasteiger partial charge in [0.15, 0.2) is 0 Å². The highest BCUT2D eigenvalue weighted by molar-refractivity contribution is 5.37. The molecule has 3 unspecified atom stereocenters. The highest BCUT2D eigenvalue weighted by Crippen LogP contribution is 2.31. The number of benzene rings is 1. The monoisotopic (exact) mass is 262 g/mol. The van der Waals surface area contributed by atoms with Gasteiger partial charge in [0.25, 0.3) is 0 Å². The van der Waals surface area contributed by atoms with E-state index in [2.05, 4.69) is 50.6 Å². The standard InChI is InChI=1S/C16H26N2O/c1-11-6-7-16(19)15(8-11)14(4)18-9-12(2)17(5)13(3)10-18/h6-8,12-14,19H,9-10H2,1-5H3. The zero-order valence-electron chi connectivity index (χ0n) is 12.7. The SMILES string of the molecule is Cc1ccc(O)c(C(C)N2CC(C)N(C)C(C)C2)c1. The third-order valence-corrected chi connectivity index (χ3v) is 4.57. The Morgan fingerprint density at radius 3 is 2.37 bits per heavy atom. The summed E-state index contributed by atoms with van der Waals surface area (Å²) in [6.07, 6.45) is 0. The van der Waals surface area contributed by atoms with Crippen molar-refractivity contribution < 1.29 is 5.11 Å². The summed E-state index contributed by atoms with van der Waals surface area (Å²) in [7, 11) is 2.20. The maximum absolute atomic E-state index is 10.1. The first-order valence-electron chi connectivity index (χ1n) is 7.15. The summed E-state index contributed by atoms with van der Waals surface area (Å²) in [5.74, 6) is 0.414. The number of likely N-dealkylation sites (N-methyl/N-ethyl adjacent to an activating group) is 1. The second-order valence-corrected chi connectivity index (χ2v) is 6.06. The fraction of sp³-hybridized carbons (Fsp3) is 0.625. The summed E-state index contributed by atoms with van der Waals surface area (Å²) < 4.78 is 0. The van der Waals surface area contributed by atoms with Crippen molar-refractivity contribution in [2.24, 2.45) is 0 Å². The third-order valence-electron chi connectivity index (χ3n) is 4.57. The van der Waals surface area contributed by atoms with Gasteiger partial charge >= 0.3 is 0 Å². The van der Waals surface area contributed by atoms with E-state index < -0.39 is 0 Å². The van der Waals surface area contributed by atoms with E-state index in [0.29, 0.717) is 17.8 Å². The molecular formula is C16H26N2O. The molecule has 0 aromatic heterocycles. The van der Waals surface area contributed by atoms with E-state index in [1.807, 2.05) is 12.1 Å². The lowest BCUT2D eigenvalue weighted by Gasteiger charge is -2.45. The molecule has 1 aliphatic rings. The van der Waals surface area contributed by atoms with Crippen molar-refractivity contribution in [3.8, 4) is 5.75 Å². The Labute approximate surface area is 116 Å².